The van der Waals surface area contributed by atoms with E-state index in [0.717, 1.165) is 22.4 Å². The number of nitrogens with one attached hydrogen (secondary N) is 2. The Morgan fingerprint density at radius 1 is 1.28 bits per heavy atom. The third-order valence-electron chi connectivity index (χ3n) is 4.34. The van der Waals surface area contributed by atoms with E-state index < -0.39 is 0 Å². The zero-order chi connectivity index (χ0) is 18.0. The Hall–Kier alpha value is -2.89. The lowest BCUT2D eigenvalue weighted by molar-refractivity contribution is 0.0934. The number of nitrogens with zero attached hydrogens (tertiary/aromatic N) is 2. The second-order valence-electron chi connectivity index (χ2n) is 6.35. The van der Waals surface area contributed by atoms with Crippen molar-refractivity contribution in [1.29, 1.82) is 0 Å². The maximum absolute atomic E-state index is 12.4. The van der Waals surface area contributed by atoms with Crippen LogP contribution in [0.2, 0.25) is 0 Å². The van der Waals surface area contributed by atoms with Gasteiger partial charge in [0.25, 0.3) is 5.91 Å². The normalized spacial score (nSPS) is 15.0. The number of aryl methyl sites for hydroxylation is 2. The van der Waals surface area contributed by atoms with Crippen molar-refractivity contribution in [3.63, 3.8) is 0 Å². The molecule has 0 spiro atoms. The number of anilines is 1. The molecule has 1 fully saturated rings. The number of amides is 3. The number of benzene rings is 1. The number of carbonyl (C=O) groups is 2. The molecular weight excluding hydrogens is 316 g/mol. The van der Waals surface area contributed by atoms with Gasteiger partial charge in [-0.1, -0.05) is 18.2 Å². The monoisotopic (exact) mass is 338 g/mol. The number of carbonyl (C=O) groups excluding carboxylic acids is 2. The lowest BCUT2D eigenvalue weighted by atomic mass is 10.1. The van der Waals surface area contributed by atoms with E-state index in [9.17, 15) is 9.59 Å². The van der Waals surface area contributed by atoms with Crippen molar-refractivity contribution in [2.45, 2.75) is 26.8 Å². The van der Waals surface area contributed by atoms with Crippen LogP contribution in [0.3, 0.4) is 0 Å². The van der Waals surface area contributed by atoms with Gasteiger partial charge in [-0.15, -0.1) is 0 Å². The smallest absolute Gasteiger partial charge is 0.321 e. The Morgan fingerprint density at radius 2 is 2.00 bits per heavy atom. The molecule has 1 aliphatic heterocycles. The number of hydrogen-bond donors (Lipinski definition) is 2. The summed E-state index contributed by atoms with van der Waals surface area (Å²) in [5.74, 6) is -0.187. The van der Waals surface area contributed by atoms with Gasteiger partial charge in [0.05, 0.1) is 6.04 Å². The molecule has 1 aliphatic rings. The number of aromatic nitrogens is 1. The first-order valence-electron chi connectivity index (χ1n) is 8.35. The molecule has 2 heterocycles. The molecule has 3 rings (SSSR count). The zero-order valence-electron chi connectivity index (χ0n) is 14.7. The van der Waals surface area contributed by atoms with E-state index in [0.29, 0.717) is 18.8 Å². The van der Waals surface area contributed by atoms with Crippen LogP contribution in [-0.4, -0.2) is 30.0 Å². The van der Waals surface area contributed by atoms with Gasteiger partial charge in [-0.2, -0.15) is 0 Å². The van der Waals surface area contributed by atoms with E-state index in [1.165, 1.54) is 0 Å². The highest BCUT2D eigenvalue weighted by molar-refractivity contribution is 5.94. The predicted octanol–water partition coefficient (Wildman–Crippen LogP) is 2.72. The quantitative estimate of drug-likeness (QED) is 0.900. The van der Waals surface area contributed by atoms with Crippen LogP contribution in [0, 0.1) is 13.8 Å². The number of pyridine rings is 1. The molecule has 1 atom stereocenters. The molecule has 0 radical (unpaired) electrons. The molecule has 25 heavy (non-hydrogen) atoms. The van der Waals surface area contributed by atoms with Gasteiger partial charge >= 0.3 is 6.03 Å². The first kappa shape index (κ1) is 17.0. The van der Waals surface area contributed by atoms with Gasteiger partial charge in [0.2, 0.25) is 0 Å². The van der Waals surface area contributed by atoms with Gasteiger partial charge in [0, 0.05) is 25.0 Å². The van der Waals surface area contributed by atoms with E-state index in [4.69, 9.17) is 0 Å². The molecule has 6 nitrogen and oxygen atoms in total. The first-order chi connectivity index (χ1) is 12.0. The van der Waals surface area contributed by atoms with Crippen LogP contribution in [0.1, 0.15) is 40.1 Å². The van der Waals surface area contributed by atoms with Crippen molar-refractivity contribution in [1.82, 2.24) is 15.6 Å². The highest BCUT2D eigenvalue weighted by Gasteiger charge is 2.21. The van der Waals surface area contributed by atoms with Crippen molar-refractivity contribution >= 4 is 17.6 Å². The predicted molar refractivity (Wildman–Crippen MR) is 96.8 cm³/mol. The Kier molecular flexibility index (Phi) is 4.70. The lowest BCUT2D eigenvalue weighted by Crippen LogP contribution is -2.29. The Bertz CT molecular complexity index is 802. The van der Waals surface area contributed by atoms with Crippen molar-refractivity contribution < 1.29 is 9.59 Å². The average Bonchev–Trinajstić information content (AvgIpc) is 3.00. The zero-order valence-corrected chi connectivity index (χ0v) is 14.7. The molecule has 0 aliphatic carbocycles. The van der Waals surface area contributed by atoms with E-state index in [1.807, 2.05) is 51.1 Å². The lowest BCUT2D eigenvalue weighted by Gasteiger charge is -2.18. The first-order valence-corrected chi connectivity index (χ1v) is 8.35. The summed E-state index contributed by atoms with van der Waals surface area (Å²) in [5, 5.41) is 5.76. The van der Waals surface area contributed by atoms with Crippen molar-refractivity contribution in [3.8, 4) is 0 Å². The minimum atomic E-state index is -0.187. The molecule has 1 unspecified atom stereocenters. The standard InChI is InChI=1S/C19H22N4O2/c1-12-10-13(2)17(21-11-12)18(24)22-14(3)15-4-6-16(7-5-15)23-9-8-20-19(23)25/h4-7,10-11,14H,8-9H2,1-3H3,(H,20,25)(H,22,24). The van der Waals surface area contributed by atoms with Crippen LogP contribution in [0.25, 0.3) is 0 Å². The highest BCUT2D eigenvalue weighted by atomic mass is 16.2. The topological polar surface area (TPSA) is 74.3 Å². The van der Waals surface area contributed by atoms with Crippen LogP contribution >= 0.6 is 0 Å². The minimum Gasteiger partial charge on any atom is -0.344 e. The van der Waals surface area contributed by atoms with Crippen LogP contribution in [0.4, 0.5) is 10.5 Å². The molecule has 2 N–H and O–H groups in total. The number of rotatable bonds is 4. The Labute approximate surface area is 147 Å². The average molecular weight is 338 g/mol. The molecule has 1 aromatic carbocycles. The van der Waals surface area contributed by atoms with E-state index >= 15 is 0 Å². The summed E-state index contributed by atoms with van der Waals surface area (Å²) in [7, 11) is 0. The van der Waals surface area contributed by atoms with Crippen LogP contribution < -0.4 is 15.5 Å². The number of hydrogen-bond acceptors (Lipinski definition) is 3. The molecule has 1 aromatic heterocycles. The Balaban J connectivity index is 1.69. The van der Waals surface area contributed by atoms with Crippen molar-refractivity contribution in [2.75, 3.05) is 18.0 Å². The second kappa shape index (κ2) is 6.93. The molecule has 0 saturated carbocycles. The molecule has 3 amide bonds. The summed E-state index contributed by atoms with van der Waals surface area (Å²) in [6.07, 6.45) is 1.70. The minimum absolute atomic E-state index is 0.0741. The molecule has 2 aromatic rings. The van der Waals surface area contributed by atoms with Gasteiger partial charge in [-0.3, -0.25) is 14.7 Å². The summed E-state index contributed by atoms with van der Waals surface area (Å²) in [5.41, 5.74) is 4.17. The molecule has 0 bridgehead atoms. The van der Waals surface area contributed by atoms with Gasteiger partial charge in [-0.05, 0) is 49.6 Å². The van der Waals surface area contributed by atoms with Crippen molar-refractivity contribution in [3.05, 3.63) is 58.9 Å². The summed E-state index contributed by atoms with van der Waals surface area (Å²) in [4.78, 5) is 30.1. The maximum Gasteiger partial charge on any atom is 0.321 e. The third kappa shape index (κ3) is 3.63. The SMILES string of the molecule is Cc1cnc(C(=O)NC(C)c2ccc(N3CCNC3=O)cc2)c(C)c1. The largest absolute Gasteiger partial charge is 0.344 e. The van der Waals surface area contributed by atoms with Gasteiger partial charge < -0.3 is 10.6 Å². The summed E-state index contributed by atoms with van der Waals surface area (Å²) >= 11 is 0. The molecular formula is C19H22N4O2. The summed E-state index contributed by atoms with van der Waals surface area (Å²) < 4.78 is 0. The molecule has 130 valence electrons. The molecule has 1 saturated heterocycles. The fourth-order valence-corrected chi connectivity index (χ4v) is 2.96. The third-order valence-corrected chi connectivity index (χ3v) is 4.34. The number of urea groups is 1. The van der Waals surface area contributed by atoms with Gasteiger partial charge in [0.1, 0.15) is 5.69 Å². The summed E-state index contributed by atoms with van der Waals surface area (Å²) in [6, 6.07) is 9.38. The summed E-state index contributed by atoms with van der Waals surface area (Å²) in [6.45, 7) is 7.10. The van der Waals surface area contributed by atoms with Crippen LogP contribution in [-0.2, 0) is 0 Å². The van der Waals surface area contributed by atoms with Crippen LogP contribution in [0.5, 0.6) is 0 Å². The maximum atomic E-state index is 12.4. The van der Waals surface area contributed by atoms with E-state index in [1.54, 1.807) is 11.1 Å². The van der Waals surface area contributed by atoms with Crippen LogP contribution in [0.15, 0.2) is 36.5 Å². The fraction of sp³-hybridized carbons (Fsp3) is 0.316. The fourth-order valence-electron chi connectivity index (χ4n) is 2.96. The Morgan fingerprint density at radius 3 is 2.60 bits per heavy atom. The van der Waals surface area contributed by atoms with Gasteiger partial charge in [-0.25, -0.2) is 4.79 Å². The van der Waals surface area contributed by atoms with E-state index in [-0.39, 0.29) is 18.0 Å². The van der Waals surface area contributed by atoms with E-state index in [2.05, 4.69) is 15.6 Å². The molecule has 6 heteroatoms. The highest BCUT2D eigenvalue weighted by Crippen LogP contribution is 2.21. The van der Waals surface area contributed by atoms with Crippen molar-refractivity contribution in [2.24, 2.45) is 0 Å². The van der Waals surface area contributed by atoms with Gasteiger partial charge in [0.15, 0.2) is 0 Å². The second-order valence-corrected chi connectivity index (χ2v) is 6.35.